The van der Waals surface area contributed by atoms with Gasteiger partial charge < -0.3 is 14.5 Å². The molecule has 2 aromatic heterocycles. The zero-order chi connectivity index (χ0) is 23.0. The van der Waals surface area contributed by atoms with Crippen molar-refractivity contribution in [3.05, 3.63) is 80.9 Å². The van der Waals surface area contributed by atoms with Crippen molar-refractivity contribution in [2.24, 2.45) is 7.05 Å². The van der Waals surface area contributed by atoms with Gasteiger partial charge in [0.1, 0.15) is 5.69 Å². The second-order valence-electron chi connectivity index (χ2n) is 7.23. The molecule has 0 fully saturated rings. The van der Waals surface area contributed by atoms with Crippen LogP contribution in [0.1, 0.15) is 21.8 Å². The quantitative estimate of drug-likeness (QED) is 0.461. The van der Waals surface area contributed by atoms with Crippen LogP contribution in [0.15, 0.2) is 57.7 Å². The summed E-state index contributed by atoms with van der Waals surface area (Å²) >= 11 is 6.11. The predicted molar refractivity (Wildman–Crippen MR) is 121 cm³/mol. The highest BCUT2D eigenvalue weighted by Crippen LogP contribution is 2.31. The molecule has 2 aromatic carbocycles. The molecule has 0 aliphatic rings. The Morgan fingerprint density at radius 3 is 2.50 bits per heavy atom. The molecule has 4 aromatic rings. The number of carbonyl (C=O) groups is 2. The van der Waals surface area contributed by atoms with Gasteiger partial charge in [0, 0.05) is 18.0 Å². The molecule has 9 heteroatoms. The molecule has 0 saturated heterocycles. The van der Waals surface area contributed by atoms with Crippen molar-refractivity contribution in [3.8, 4) is 5.69 Å². The van der Waals surface area contributed by atoms with Crippen LogP contribution >= 0.6 is 11.6 Å². The number of hydrogen-bond acceptors (Lipinski definition) is 5. The van der Waals surface area contributed by atoms with Crippen LogP contribution < -0.4 is 10.9 Å². The summed E-state index contributed by atoms with van der Waals surface area (Å²) in [6.45, 7) is 2.84. The number of ether oxygens (including phenoxy) is 1. The van der Waals surface area contributed by atoms with Gasteiger partial charge in [-0.05, 0) is 32.0 Å². The van der Waals surface area contributed by atoms with Gasteiger partial charge in [-0.25, -0.2) is 9.48 Å². The Morgan fingerprint density at radius 1 is 1.09 bits per heavy atom. The van der Waals surface area contributed by atoms with Crippen LogP contribution in [0, 0.1) is 13.8 Å². The Balaban J connectivity index is 1.50. The number of amides is 1. The van der Waals surface area contributed by atoms with Gasteiger partial charge in [-0.2, -0.15) is 0 Å². The molecule has 0 aliphatic carbocycles. The fraction of sp³-hybridized carbons (Fsp3) is 0.174. The minimum absolute atomic E-state index is 0.0248. The fourth-order valence-electron chi connectivity index (χ4n) is 3.49. The van der Waals surface area contributed by atoms with E-state index in [1.165, 1.54) is 4.68 Å². The monoisotopic (exact) mass is 453 g/mol. The van der Waals surface area contributed by atoms with Gasteiger partial charge in [-0.1, -0.05) is 41.9 Å². The van der Waals surface area contributed by atoms with Crippen LogP contribution in [0.4, 0.5) is 5.69 Å². The highest BCUT2D eigenvalue weighted by molar-refractivity contribution is 6.35. The van der Waals surface area contributed by atoms with Gasteiger partial charge >= 0.3 is 5.97 Å². The Labute approximate surface area is 187 Å². The van der Waals surface area contributed by atoms with E-state index >= 15 is 0 Å². The maximum absolute atomic E-state index is 12.9. The van der Waals surface area contributed by atoms with Crippen molar-refractivity contribution < 1.29 is 18.7 Å². The van der Waals surface area contributed by atoms with Crippen molar-refractivity contribution in [1.29, 1.82) is 0 Å². The number of rotatable bonds is 5. The van der Waals surface area contributed by atoms with Gasteiger partial charge in [0.15, 0.2) is 12.2 Å². The van der Waals surface area contributed by atoms with E-state index in [-0.39, 0.29) is 11.4 Å². The molecule has 164 valence electrons. The maximum Gasteiger partial charge on any atom is 0.375 e. The van der Waals surface area contributed by atoms with E-state index in [0.29, 0.717) is 32.9 Å². The zero-order valence-electron chi connectivity index (χ0n) is 17.6. The molecule has 1 amide bonds. The molecule has 0 bridgehead atoms. The Hall–Kier alpha value is -3.78. The molecule has 0 unspecified atom stereocenters. The van der Waals surface area contributed by atoms with Gasteiger partial charge in [-0.15, -0.1) is 0 Å². The summed E-state index contributed by atoms with van der Waals surface area (Å²) in [5, 5.41) is 3.61. The lowest BCUT2D eigenvalue weighted by atomic mass is 10.1. The molecule has 0 spiro atoms. The minimum Gasteiger partial charge on any atom is -0.450 e. The van der Waals surface area contributed by atoms with Crippen molar-refractivity contribution in [2.75, 3.05) is 11.9 Å². The third-order valence-electron chi connectivity index (χ3n) is 5.25. The smallest absolute Gasteiger partial charge is 0.375 e. The lowest BCUT2D eigenvalue weighted by Gasteiger charge is -2.07. The van der Waals surface area contributed by atoms with Crippen molar-refractivity contribution in [1.82, 2.24) is 9.36 Å². The Bertz CT molecular complexity index is 1400. The molecule has 0 radical (unpaired) electrons. The molecular weight excluding hydrogens is 434 g/mol. The standard InChI is InChI=1S/C23H20ClN3O5/c1-13-16-10-7-11-17(24)21(16)32-20(13)23(30)31-12-18(28)25-19-14(2)26(3)27(22(19)29)15-8-5-4-6-9-15/h4-11H,12H2,1-3H3,(H,25,28). The van der Waals surface area contributed by atoms with Gasteiger partial charge in [-0.3, -0.25) is 14.3 Å². The van der Waals surface area contributed by atoms with Crippen molar-refractivity contribution >= 4 is 40.1 Å². The van der Waals surface area contributed by atoms with Gasteiger partial charge in [0.05, 0.1) is 16.4 Å². The molecule has 2 heterocycles. The number of furan rings is 1. The number of fused-ring (bicyclic) bond motifs is 1. The highest BCUT2D eigenvalue weighted by Gasteiger charge is 2.22. The lowest BCUT2D eigenvalue weighted by molar-refractivity contribution is -0.119. The first-order valence-electron chi connectivity index (χ1n) is 9.78. The normalized spacial score (nSPS) is 11.0. The molecule has 4 rings (SSSR count). The van der Waals surface area contributed by atoms with E-state index in [4.69, 9.17) is 20.8 Å². The Kier molecular flexibility index (Phi) is 5.63. The van der Waals surface area contributed by atoms with Crippen LogP contribution in [0.25, 0.3) is 16.7 Å². The van der Waals surface area contributed by atoms with Crippen LogP contribution in [0.2, 0.25) is 5.02 Å². The molecular formula is C23H20ClN3O5. The molecule has 32 heavy (non-hydrogen) atoms. The van der Waals surface area contributed by atoms with E-state index in [9.17, 15) is 14.4 Å². The van der Waals surface area contributed by atoms with E-state index in [2.05, 4.69) is 5.32 Å². The summed E-state index contributed by atoms with van der Waals surface area (Å²) in [6, 6.07) is 14.2. The molecule has 0 saturated carbocycles. The predicted octanol–water partition coefficient (Wildman–Crippen LogP) is 3.99. The summed E-state index contributed by atoms with van der Waals surface area (Å²) < 4.78 is 13.7. The first-order valence-corrected chi connectivity index (χ1v) is 10.2. The van der Waals surface area contributed by atoms with E-state index < -0.39 is 24.0 Å². The number of nitrogens with one attached hydrogen (secondary N) is 1. The van der Waals surface area contributed by atoms with Crippen LogP contribution in [0.3, 0.4) is 0 Å². The van der Waals surface area contributed by atoms with Gasteiger partial charge in [0.2, 0.25) is 5.76 Å². The number of benzene rings is 2. The lowest BCUT2D eigenvalue weighted by Crippen LogP contribution is -2.25. The topological polar surface area (TPSA) is 95.5 Å². The third-order valence-corrected chi connectivity index (χ3v) is 5.55. The largest absolute Gasteiger partial charge is 0.450 e. The average Bonchev–Trinajstić information content (AvgIpc) is 3.23. The molecule has 0 aliphatic heterocycles. The highest BCUT2D eigenvalue weighted by atomic mass is 35.5. The molecule has 8 nitrogen and oxygen atoms in total. The summed E-state index contributed by atoms with van der Waals surface area (Å²) in [6.07, 6.45) is 0. The number of aryl methyl sites for hydroxylation is 1. The number of nitrogens with zero attached hydrogens (tertiary/aromatic N) is 2. The van der Waals surface area contributed by atoms with E-state index in [1.54, 1.807) is 55.9 Å². The molecule has 0 atom stereocenters. The summed E-state index contributed by atoms with van der Waals surface area (Å²) in [5.41, 5.74) is 1.89. The molecule has 1 N–H and O–H groups in total. The zero-order valence-corrected chi connectivity index (χ0v) is 18.4. The number of anilines is 1. The SMILES string of the molecule is Cc1c(C(=O)OCC(=O)Nc2c(C)n(C)n(-c3ccccc3)c2=O)oc2c(Cl)cccc12. The first-order chi connectivity index (χ1) is 15.3. The van der Waals surface area contributed by atoms with Crippen LogP contribution in [-0.2, 0) is 16.6 Å². The number of carbonyl (C=O) groups excluding carboxylic acids is 2. The second-order valence-corrected chi connectivity index (χ2v) is 7.64. The summed E-state index contributed by atoms with van der Waals surface area (Å²) in [5.74, 6) is -1.46. The number of aromatic nitrogens is 2. The number of para-hydroxylation sites is 2. The van der Waals surface area contributed by atoms with Crippen LogP contribution in [-0.4, -0.2) is 27.8 Å². The maximum atomic E-state index is 12.9. The van der Waals surface area contributed by atoms with E-state index in [0.717, 1.165) is 0 Å². The fourth-order valence-corrected chi connectivity index (χ4v) is 3.70. The van der Waals surface area contributed by atoms with Crippen molar-refractivity contribution in [2.45, 2.75) is 13.8 Å². The average molecular weight is 454 g/mol. The van der Waals surface area contributed by atoms with Crippen molar-refractivity contribution in [3.63, 3.8) is 0 Å². The summed E-state index contributed by atoms with van der Waals surface area (Å²) in [7, 11) is 1.72. The minimum atomic E-state index is -0.795. The Morgan fingerprint density at radius 2 is 1.81 bits per heavy atom. The summed E-state index contributed by atoms with van der Waals surface area (Å²) in [4.78, 5) is 37.8. The van der Waals surface area contributed by atoms with E-state index in [1.807, 2.05) is 18.2 Å². The second kappa shape index (κ2) is 8.39. The van der Waals surface area contributed by atoms with Gasteiger partial charge in [0.25, 0.3) is 11.5 Å². The third kappa shape index (κ3) is 3.69. The number of halogens is 1. The van der Waals surface area contributed by atoms with Crippen LogP contribution in [0.5, 0.6) is 0 Å². The first kappa shape index (κ1) is 21.5. The number of esters is 1. The number of hydrogen-bond donors (Lipinski definition) is 1.